The molecule has 2 aromatic carbocycles. The van der Waals surface area contributed by atoms with Crippen LogP contribution in [0.2, 0.25) is 5.02 Å². The van der Waals surface area contributed by atoms with Gasteiger partial charge < -0.3 is 9.64 Å². The summed E-state index contributed by atoms with van der Waals surface area (Å²) in [5.41, 5.74) is 1.03. The van der Waals surface area contributed by atoms with Gasteiger partial charge in [-0.15, -0.1) is 0 Å². The Kier molecular flexibility index (Phi) is 5.27. The maximum atomic E-state index is 12.2. The molecule has 4 nitrogen and oxygen atoms in total. The van der Waals surface area contributed by atoms with Crippen LogP contribution in [0.3, 0.4) is 0 Å². The van der Waals surface area contributed by atoms with Crippen molar-refractivity contribution >= 4 is 60.8 Å². The summed E-state index contributed by atoms with van der Waals surface area (Å²) in [6.07, 6.45) is 0.576. The molecule has 24 heavy (non-hydrogen) atoms. The quantitative estimate of drug-likeness (QED) is 0.460. The molecule has 0 atom stereocenters. The van der Waals surface area contributed by atoms with E-state index in [0.717, 1.165) is 4.47 Å². The molecule has 124 valence electrons. The standard InChI is InChI=1S/C17H12Br2ClNO3/c18-10-8-11-15(12(19)9-10)21(17(23)16(11)22)6-3-7-24-14-5-2-1-4-13(14)20/h1-2,4-5,8-9H,3,6-7H2. The molecule has 0 bridgehead atoms. The van der Waals surface area contributed by atoms with Gasteiger partial charge in [-0.25, -0.2) is 0 Å². The summed E-state index contributed by atoms with van der Waals surface area (Å²) < 4.78 is 7.08. The Balaban J connectivity index is 1.68. The second kappa shape index (κ2) is 7.25. The lowest BCUT2D eigenvalue weighted by Gasteiger charge is -2.18. The van der Waals surface area contributed by atoms with E-state index in [1.54, 1.807) is 18.2 Å². The molecule has 0 fully saturated rings. The number of carbonyl (C=O) groups is 2. The Labute approximate surface area is 161 Å². The number of anilines is 1. The highest BCUT2D eigenvalue weighted by Gasteiger charge is 2.37. The second-order valence-electron chi connectivity index (χ2n) is 5.20. The molecule has 0 spiro atoms. The minimum atomic E-state index is -0.512. The zero-order valence-electron chi connectivity index (χ0n) is 12.4. The van der Waals surface area contributed by atoms with Gasteiger partial charge in [-0.3, -0.25) is 9.59 Å². The number of benzene rings is 2. The fraction of sp³-hybridized carbons (Fsp3) is 0.176. The molecule has 7 heteroatoms. The second-order valence-corrected chi connectivity index (χ2v) is 7.38. The highest BCUT2D eigenvalue weighted by Crippen LogP contribution is 2.38. The molecule has 1 aliphatic rings. The van der Waals surface area contributed by atoms with Crippen molar-refractivity contribution in [2.24, 2.45) is 0 Å². The van der Waals surface area contributed by atoms with Gasteiger partial charge in [-0.1, -0.05) is 39.7 Å². The zero-order valence-corrected chi connectivity index (χ0v) is 16.3. The predicted molar refractivity (Wildman–Crippen MR) is 100 cm³/mol. The normalized spacial score (nSPS) is 13.4. The summed E-state index contributed by atoms with van der Waals surface area (Å²) >= 11 is 12.8. The Hall–Kier alpha value is -1.37. The molecule has 2 aromatic rings. The Morgan fingerprint density at radius 3 is 2.62 bits per heavy atom. The summed E-state index contributed by atoms with van der Waals surface area (Å²) in [7, 11) is 0. The minimum absolute atomic E-state index is 0.391. The van der Waals surface area contributed by atoms with E-state index in [1.165, 1.54) is 4.90 Å². The number of rotatable bonds is 5. The van der Waals surface area contributed by atoms with Crippen molar-refractivity contribution in [2.45, 2.75) is 6.42 Å². The van der Waals surface area contributed by atoms with Crippen molar-refractivity contribution in [3.8, 4) is 5.75 Å². The van der Waals surface area contributed by atoms with Gasteiger partial charge >= 0.3 is 0 Å². The van der Waals surface area contributed by atoms with Crippen molar-refractivity contribution in [2.75, 3.05) is 18.1 Å². The number of amides is 1. The molecule has 1 aliphatic heterocycles. The van der Waals surface area contributed by atoms with Gasteiger partial charge in [0.1, 0.15) is 5.75 Å². The van der Waals surface area contributed by atoms with E-state index in [0.29, 0.717) is 46.1 Å². The van der Waals surface area contributed by atoms with E-state index < -0.39 is 11.7 Å². The van der Waals surface area contributed by atoms with Crippen LogP contribution in [0.25, 0.3) is 0 Å². The van der Waals surface area contributed by atoms with Crippen LogP contribution in [0.5, 0.6) is 5.75 Å². The number of ether oxygens (including phenoxy) is 1. The summed E-state index contributed by atoms with van der Waals surface area (Å²) in [5, 5.41) is 0.544. The van der Waals surface area contributed by atoms with Crippen molar-refractivity contribution in [1.82, 2.24) is 0 Å². The van der Waals surface area contributed by atoms with Gasteiger partial charge in [-0.2, -0.15) is 0 Å². The molecule has 0 aromatic heterocycles. The molecule has 0 saturated carbocycles. The van der Waals surface area contributed by atoms with Crippen LogP contribution in [0, 0.1) is 0 Å². The zero-order chi connectivity index (χ0) is 17.3. The highest BCUT2D eigenvalue weighted by atomic mass is 79.9. The van der Waals surface area contributed by atoms with E-state index in [1.807, 2.05) is 18.2 Å². The molecule has 0 saturated heterocycles. The van der Waals surface area contributed by atoms with Crippen LogP contribution in [0.1, 0.15) is 16.8 Å². The maximum Gasteiger partial charge on any atom is 0.299 e. The van der Waals surface area contributed by atoms with Crippen LogP contribution in [-0.2, 0) is 4.79 Å². The fourth-order valence-corrected chi connectivity index (χ4v) is 4.16. The van der Waals surface area contributed by atoms with Crippen LogP contribution < -0.4 is 9.64 Å². The summed E-state index contributed by atoms with van der Waals surface area (Å²) in [5.74, 6) is -0.394. The van der Waals surface area contributed by atoms with Gasteiger partial charge in [0.2, 0.25) is 0 Å². The number of hydrogen-bond acceptors (Lipinski definition) is 3. The molecule has 0 radical (unpaired) electrons. The summed E-state index contributed by atoms with van der Waals surface area (Å²) in [6, 6.07) is 10.7. The molecule has 1 heterocycles. The van der Waals surface area contributed by atoms with E-state index >= 15 is 0 Å². The Bertz CT molecular complexity index is 825. The fourth-order valence-electron chi connectivity index (χ4n) is 2.53. The van der Waals surface area contributed by atoms with Gasteiger partial charge in [0.05, 0.1) is 22.9 Å². The lowest BCUT2D eigenvalue weighted by molar-refractivity contribution is -0.114. The molecule has 3 rings (SSSR count). The monoisotopic (exact) mass is 471 g/mol. The van der Waals surface area contributed by atoms with Gasteiger partial charge in [0, 0.05) is 15.5 Å². The van der Waals surface area contributed by atoms with Gasteiger partial charge in [-0.05, 0) is 46.6 Å². The first-order valence-electron chi connectivity index (χ1n) is 7.21. The molecular formula is C17H12Br2ClNO3. The molecule has 0 aliphatic carbocycles. The number of para-hydroxylation sites is 1. The van der Waals surface area contributed by atoms with Crippen molar-refractivity contribution < 1.29 is 14.3 Å². The maximum absolute atomic E-state index is 12.2. The molecule has 1 amide bonds. The summed E-state index contributed by atoms with van der Waals surface area (Å²) in [6.45, 7) is 0.785. The first-order valence-corrected chi connectivity index (χ1v) is 9.18. The van der Waals surface area contributed by atoms with Crippen molar-refractivity contribution in [1.29, 1.82) is 0 Å². The third kappa shape index (κ3) is 3.36. The van der Waals surface area contributed by atoms with E-state index in [4.69, 9.17) is 16.3 Å². The minimum Gasteiger partial charge on any atom is -0.492 e. The number of halogens is 3. The molecule has 0 N–H and O–H groups in total. The van der Waals surface area contributed by atoms with E-state index in [-0.39, 0.29) is 0 Å². The first-order chi connectivity index (χ1) is 11.5. The number of fused-ring (bicyclic) bond motifs is 1. The van der Waals surface area contributed by atoms with Crippen LogP contribution in [0.4, 0.5) is 5.69 Å². The van der Waals surface area contributed by atoms with Crippen LogP contribution >= 0.6 is 43.5 Å². The first kappa shape index (κ1) is 17.5. The smallest absolute Gasteiger partial charge is 0.299 e. The van der Waals surface area contributed by atoms with Crippen LogP contribution in [-0.4, -0.2) is 24.8 Å². The lowest BCUT2D eigenvalue weighted by atomic mass is 10.1. The number of carbonyl (C=O) groups excluding carboxylic acids is 2. The number of nitrogens with zero attached hydrogens (tertiary/aromatic N) is 1. The van der Waals surface area contributed by atoms with E-state index in [9.17, 15) is 9.59 Å². The number of Topliss-reactive ketones (excluding diaryl/α,β-unsaturated/α-hetero) is 1. The lowest BCUT2D eigenvalue weighted by Crippen LogP contribution is -2.31. The van der Waals surface area contributed by atoms with Crippen LogP contribution in [0.15, 0.2) is 45.3 Å². The van der Waals surface area contributed by atoms with Gasteiger partial charge in [0.15, 0.2) is 0 Å². The Morgan fingerprint density at radius 2 is 1.88 bits per heavy atom. The SMILES string of the molecule is O=C1C(=O)N(CCCOc2ccccc2Cl)c2c(Br)cc(Br)cc21. The summed E-state index contributed by atoms with van der Waals surface area (Å²) in [4.78, 5) is 25.8. The molecule has 0 unspecified atom stereocenters. The average Bonchev–Trinajstić information content (AvgIpc) is 2.78. The predicted octanol–water partition coefficient (Wildman–Crippen LogP) is 4.86. The highest BCUT2D eigenvalue weighted by molar-refractivity contribution is 9.11. The van der Waals surface area contributed by atoms with E-state index in [2.05, 4.69) is 31.9 Å². The average molecular weight is 474 g/mol. The third-order valence-electron chi connectivity index (χ3n) is 3.60. The Morgan fingerprint density at radius 1 is 1.12 bits per heavy atom. The largest absolute Gasteiger partial charge is 0.492 e. The number of hydrogen-bond donors (Lipinski definition) is 0. The van der Waals surface area contributed by atoms with Crippen molar-refractivity contribution in [3.63, 3.8) is 0 Å². The molecular weight excluding hydrogens is 461 g/mol. The number of ketones is 1. The topological polar surface area (TPSA) is 46.6 Å². The van der Waals surface area contributed by atoms with Crippen molar-refractivity contribution in [3.05, 3.63) is 55.9 Å². The van der Waals surface area contributed by atoms with Gasteiger partial charge in [0.25, 0.3) is 11.7 Å². The third-order valence-corrected chi connectivity index (χ3v) is 4.98.